The van der Waals surface area contributed by atoms with Crippen LogP contribution in [0.3, 0.4) is 0 Å². The van der Waals surface area contributed by atoms with Crippen LogP contribution in [0.2, 0.25) is 0 Å². The van der Waals surface area contributed by atoms with Crippen LogP contribution in [0.5, 0.6) is 5.75 Å². The number of carbonyl (C=O) groups excluding carboxylic acids is 2. The molecule has 2 amide bonds. The van der Waals surface area contributed by atoms with E-state index in [9.17, 15) is 14.7 Å². The Labute approximate surface area is 164 Å². The van der Waals surface area contributed by atoms with Gasteiger partial charge in [0.05, 0.1) is 47.1 Å². The highest BCUT2D eigenvalue weighted by Crippen LogP contribution is 2.36. The number of hydrogen-bond donors (Lipinski definition) is 2. The van der Waals surface area contributed by atoms with Crippen molar-refractivity contribution in [2.24, 2.45) is 0 Å². The second-order valence-electron chi connectivity index (χ2n) is 6.80. The molecule has 1 aromatic heterocycles. The van der Waals surface area contributed by atoms with Crippen molar-refractivity contribution >= 4 is 38.5 Å². The topological polar surface area (TPSA) is 91.8 Å². The van der Waals surface area contributed by atoms with Gasteiger partial charge in [-0.2, -0.15) is 0 Å². The minimum atomic E-state index is -0.507. The molecule has 0 saturated heterocycles. The van der Waals surface area contributed by atoms with Crippen LogP contribution in [-0.4, -0.2) is 52.6 Å². The van der Waals surface area contributed by atoms with Crippen molar-refractivity contribution in [3.05, 3.63) is 53.1 Å². The third-order valence-corrected chi connectivity index (χ3v) is 6.01. The second kappa shape index (κ2) is 6.57. The fraction of sp³-hybridized carbons (Fsp3) is 0.250. The van der Waals surface area contributed by atoms with E-state index >= 15 is 0 Å². The Morgan fingerprint density at radius 2 is 1.93 bits per heavy atom. The van der Waals surface area contributed by atoms with Crippen molar-refractivity contribution in [2.45, 2.75) is 12.5 Å². The molecule has 0 fully saturated rings. The molecular weight excluding hydrogens is 378 g/mol. The van der Waals surface area contributed by atoms with Gasteiger partial charge in [0.15, 0.2) is 5.13 Å². The minimum Gasteiger partial charge on any atom is -0.493 e. The number of hydrogen-bond acceptors (Lipinski definition) is 7. The quantitative estimate of drug-likeness (QED) is 0.644. The molecular formula is C20H17N3O4S. The number of nitrogens with zero attached hydrogens (tertiary/aromatic N) is 2. The van der Waals surface area contributed by atoms with Crippen LogP contribution < -0.4 is 10.1 Å². The maximum atomic E-state index is 12.5. The summed E-state index contributed by atoms with van der Waals surface area (Å²) in [6.07, 6.45) is 0.828. The average molecular weight is 395 g/mol. The summed E-state index contributed by atoms with van der Waals surface area (Å²) in [4.78, 5) is 30.9. The molecule has 2 N–H and O–H groups in total. The SMILES string of the molecule is O=C1c2ccccc2C(=O)N1C[C@@H](CO)Nc1nc2c3c(ccc2s1)OCC3. The Morgan fingerprint density at radius 1 is 1.18 bits per heavy atom. The van der Waals surface area contributed by atoms with Crippen molar-refractivity contribution < 1.29 is 19.4 Å². The highest BCUT2D eigenvalue weighted by atomic mass is 32.1. The van der Waals surface area contributed by atoms with Crippen molar-refractivity contribution in [1.82, 2.24) is 9.88 Å². The first kappa shape index (κ1) is 17.2. The number of anilines is 1. The fourth-order valence-electron chi connectivity index (χ4n) is 3.68. The van der Waals surface area contributed by atoms with Crippen LogP contribution in [0.1, 0.15) is 26.3 Å². The first-order valence-electron chi connectivity index (χ1n) is 9.03. The standard InChI is InChI=1S/C20H17N3O4S/c24-10-11(9-23-18(25)12-3-1-2-4-13(12)19(23)26)21-20-22-17-14-7-8-27-15(14)5-6-16(17)28-20/h1-6,11,24H,7-10H2,(H,21,22)/t11-/m0/s1. The number of carbonyl (C=O) groups is 2. The summed E-state index contributed by atoms with van der Waals surface area (Å²) in [6.45, 7) is 0.498. The van der Waals surface area contributed by atoms with E-state index in [-0.39, 0.29) is 25.0 Å². The normalized spacial score (nSPS) is 16.2. The van der Waals surface area contributed by atoms with E-state index in [0.29, 0.717) is 22.9 Å². The van der Waals surface area contributed by atoms with Gasteiger partial charge in [0.2, 0.25) is 0 Å². The van der Waals surface area contributed by atoms with E-state index in [4.69, 9.17) is 4.74 Å². The Morgan fingerprint density at radius 3 is 2.64 bits per heavy atom. The van der Waals surface area contributed by atoms with E-state index in [1.807, 2.05) is 12.1 Å². The third kappa shape index (κ3) is 2.64. The molecule has 0 saturated carbocycles. The lowest BCUT2D eigenvalue weighted by molar-refractivity contribution is 0.0638. The molecule has 5 rings (SSSR count). The molecule has 3 aromatic rings. The summed E-state index contributed by atoms with van der Waals surface area (Å²) in [7, 11) is 0. The van der Waals surface area contributed by atoms with E-state index < -0.39 is 6.04 Å². The van der Waals surface area contributed by atoms with Gasteiger partial charge >= 0.3 is 0 Å². The summed E-state index contributed by atoms with van der Waals surface area (Å²) in [5.74, 6) is 0.203. The van der Waals surface area contributed by atoms with Crippen LogP contribution in [0.25, 0.3) is 10.2 Å². The average Bonchev–Trinajstić information content (AvgIpc) is 3.40. The molecule has 0 spiro atoms. The molecule has 2 aromatic carbocycles. The number of aromatic nitrogens is 1. The number of amides is 2. The van der Waals surface area contributed by atoms with Gasteiger partial charge in [-0.1, -0.05) is 23.5 Å². The molecule has 0 radical (unpaired) electrons. The van der Waals surface area contributed by atoms with Crippen LogP contribution in [0, 0.1) is 0 Å². The molecule has 2 aliphatic rings. The molecule has 142 valence electrons. The zero-order chi connectivity index (χ0) is 19.3. The van der Waals surface area contributed by atoms with E-state index in [1.54, 1.807) is 24.3 Å². The number of benzene rings is 2. The minimum absolute atomic E-state index is 0.0694. The number of imide groups is 1. The molecule has 7 nitrogen and oxygen atoms in total. The molecule has 0 bridgehead atoms. The van der Waals surface area contributed by atoms with Crippen molar-refractivity contribution in [2.75, 3.05) is 25.1 Å². The summed E-state index contributed by atoms with van der Waals surface area (Å²) in [5.41, 5.74) is 2.81. The Kier molecular flexibility index (Phi) is 4.03. The lowest BCUT2D eigenvalue weighted by Crippen LogP contribution is -2.41. The van der Waals surface area contributed by atoms with E-state index in [0.717, 1.165) is 28.0 Å². The van der Waals surface area contributed by atoms with Gasteiger partial charge in [0, 0.05) is 12.0 Å². The van der Waals surface area contributed by atoms with Gasteiger partial charge in [-0.25, -0.2) is 4.98 Å². The molecule has 28 heavy (non-hydrogen) atoms. The van der Waals surface area contributed by atoms with Crippen LogP contribution in [0.15, 0.2) is 36.4 Å². The summed E-state index contributed by atoms with van der Waals surface area (Å²) in [5, 5.41) is 13.6. The van der Waals surface area contributed by atoms with Gasteiger partial charge in [0.25, 0.3) is 11.8 Å². The maximum Gasteiger partial charge on any atom is 0.261 e. The largest absolute Gasteiger partial charge is 0.493 e. The maximum absolute atomic E-state index is 12.5. The number of nitrogens with one attached hydrogen (secondary N) is 1. The number of fused-ring (bicyclic) bond motifs is 4. The number of rotatable bonds is 5. The van der Waals surface area contributed by atoms with Crippen LogP contribution in [-0.2, 0) is 6.42 Å². The fourth-order valence-corrected chi connectivity index (χ4v) is 4.65. The molecule has 8 heteroatoms. The molecule has 1 atom stereocenters. The summed E-state index contributed by atoms with van der Waals surface area (Å²) >= 11 is 1.48. The lowest BCUT2D eigenvalue weighted by Gasteiger charge is -2.21. The molecule has 2 aliphatic heterocycles. The van der Waals surface area contributed by atoms with Gasteiger partial charge < -0.3 is 15.2 Å². The van der Waals surface area contributed by atoms with E-state index in [1.165, 1.54) is 16.2 Å². The first-order chi connectivity index (χ1) is 13.7. The molecule has 0 unspecified atom stereocenters. The van der Waals surface area contributed by atoms with Crippen molar-refractivity contribution in [3.8, 4) is 5.75 Å². The van der Waals surface area contributed by atoms with Crippen LogP contribution >= 0.6 is 11.3 Å². The number of ether oxygens (including phenoxy) is 1. The Bertz CT molecular complexity index is 1080. The van der Waals surface area contributed by atoms with Crippen LogP contribution in [0.4, 0.5) is 5.13 Å². The summed E-state index contributed by atoms with van der Waals surface area (Å²) < 4.78 is 6.62. The van der Waals surface area contributed by atoms with Gasteiger partial charge in [0.1, 0.15) is 5.75 Å². The Balaban J connectivity index is 1.37. The second-order valence-corrected chi connectivity index (χ2v) is 7.83. The predicted molar refractivity (Wildman–Crippen MR) is 105 cm³/mol. The van der Waals surface area contributed by atoms with Gasteiger partial charge in [-0.3, -0.25) is 14.5 Å². The third-order valence-electron chi connectivity index (χ3n) is 5.06. The molecule has 3 heterocycles. The van der Waals surface area contributed by atoms with E-state index in [2.05, 4.69) is 10.3 Å². The van der Waals surface area contributed by atoms with Gasteiger partial charge in [-0.05, 0) is 24.3 Å². The van der Waals surface area contributed by atoms with Crippen molar-refractivity contribution in [1.29, 1.82) is 0 Å². The first-order valence-corrected chi connectivity index (χ1v) is 9.85. The zero-order valence-corrected chi connectivity index (χ0v) is 15.7. The highest BCUT2D eigenvalue weighted by Gasteiger charge is 2.36. The zero-order valence-electron chi connectivity index (χ0n) is 14.8. The smallest absolute Gasteiger partial charge is 0.261 e. The number of thiazole rings is 1. The van der Waals surface area contributed by atoms with Gasteiger partial charge in [-0.15, -0.1) is 0 Å². The van der Waals surface area contributed by atoms with Crippen molar-refractivity contribution in [3.63, 3.8) is 0 Å². The monoisotopic (exact) mass is 395 g/mol. The highest BCUT2D eigenvalue weighted by molar-refractivity contribution is 7.22. The molecule has 0 aliphatic carbocycles. The lowest BCUT2D eigenvalue weighted by atomic mass is 10.1. The number of aliphatic hydroxyl groups is 1. The number of aliphatic hydroxyl groups excluding tert-OH is 1. The summed E-state index contributed by atoms with van der Waals surface area (Å²) in [6, 6.07) is 10.2. The Hall–Kier alpha value is -2.97. The predicted octanol–water partition coefficient (Wildman–Crippen LogP) is 2.30.